The molecule has 1 atom stereocenters. The third-order valence-corrected chi connectivity index (χ3v) is 5.89. The number of aliphatic hydroxyl groups excluding tert-OH is 1. The molecule has 0 fully saturated rings. The minimum Gasteiger partial charge on any atom is -0.388 e. The molecule has 13 heteroatoms. The molecule has 0 aliphatic heterocycles. The highest BCUT2D eigenvalue weighted by Gasteiger charge is 2.39. The van der Waals surface area contributed by atoms with E-state index in [2.05, 4.69) is 10.1 Å². The first-order valence-corrected chi connectivity index (χ1v) is 10.7. The van der Waals surface area contributed by atoms with Crippen LogP contribution in [0.15, 0.2) is 46.0 Å². The smallest absolute Gasteiger partial charge is 0.388 e. The number of benzene rings is 2. The molecule has 0 saturated carbocycles. The molecule has 2 aromatic carbocycles. The normalized spacial score (nSPS) is 12.9. The lowest BCUT2D eigenvalue weighted by atomic mass is 10.1. The number of hydrogen-bond donors (Lipinski definition) is 1. The van der Waals surface area contributed by atoms with E-state index >= 15 is 0 Å². The zero-order valence-corrected chi connectivity index (χ0v) is 19.1. The molecule has 35 heavy (non-hydrogen) atoms. The van der Waals surface area contributed by atoms with Gasteiger partial charge in [-0.25, -0.2) is 14.2 Å². The molecule has 2 aromatic heterocycles. The second-order valence-electron chi connectivity index (χ2n) is 7.64. The summed E-state index contributed by atoms with van der Waals surface area (Å²) in [6.07, 6.45) is -4.84. The van der Waals surface area contributed by atoms with E-state index in [1.165, 1.54) is 28.8 Å². The minimum absolute atomic E-state index is 0.0467. The Bertz CT molecular complexity index is 1540. The Morgan fingerprint density at radius 3 is 2.46 bits per heavy atom. The summed E-state index contributed by atoms with van der Waals surface area (Å²) < 4.78 is 58.5. The van der Waals surface area contributed by atoms with Gasteiger partial charge in [-0.3, -0.25) is 13.9 Å². The number of hydrogen-bond acceptors (Lipinski definition) is 5. The van der Waals surface area contributed by atoms with Gasteiger partial charge in [0.2, 0.25) is 0 Å². The molecule has 0 radical (unpaired) electrons. The third-order valence-electron chi connectivity index (χ3n) is 5.57. The second kappa shape index (κ2) is 8.93. The summed E-state index contributed by atoms with van der Waals surface area (Å²) in [5.41, 5.74) is -3.12. The van der Waals surface area contributed by atoms with Gasteiger partial charge in [0, 0.05) is 6.54 Å². The van der Waals surface area contributed by atoms with E-state index in [9.17, 15) is 32.3 Å². The van der Waals surface area contributed by atoms with Crippen LogP contribution in [0.4, 0.5) is 17.6 Å². The van der Waals surface area contributed by atoms with Crippen molar-refractivity contribution >= 4 is 22.6 Å². The zero-order valence-electron chi connectivity index (χ0n) is 18.3. The number of fused-ring (bicyclic) bond motifs is 1. The van der Waals surface area contributed by atoms with Crippen molar-refractivity contribution in [1.82, 2.24) is 23.9 Å². The lowest BCUT2D eigenvalue weighted by Crippen LogP contribution is -2.34. The molecule has 184 valence electrons. The van der Waals surface area contributed by atoms with E-state index in [4.69, 9.17) is 11.6 Å². The fourth-order valence-electron chi connectivity index (χ4n) is 3.78. The van der Waals surface area contributed by atoms with Crippen molar-refractivity contribution in [3.63, 3.8) is 0 Å². The number of aromatic nitrogens is 5. The summed E-state index contributed by atoms with van der Waals surface area (Å²) >= 11 is 6.06. The van der Waals surface area contributed by atoms with Crippen LogP contribution in [0.3, 0.4) is 0 Å². The molecule has 0 bridgehead atoms. The predicted octanol–water partition coefficient (Wildman–Crippen LogP) is 3.84. The predicted molar refractivity (Wildman–Crippen MR) is 120 cm³/mol. The Balaban J connectivity index is 2.08. The molecule has 0 amide bonds. The van der Waals surface area contributed by atoms with Crippen LogP contribution in [-0.2, 0) is 13.2 Å². The van der Waals surface area contributed by atoms with Gasteiger partial charge in [0.15, 0.2) is 5.82 Å². The maximum absolute atomic E-state index is 14.6. The SMILES string of the molecule is CCn1c(CO)nn(-c2ccc3nc(-c4c(F)cccc4Cl)c(=O)n([C@@H](C)C(F)(F)F)c3c2)c1=O. The van der Waals surface area contributed by atoms with Crippen LogP contribution in [0.2, 0.25) is 5.02 Å². The zero-order chi connectivity index (χ0) is 25.7. The van der Waals surface area contributed by atoms with Crippen molar-refractivity contribution in [3.05, 3.63) is 73.9 Å². The molecular formula is C22H18ClF4N5O3. The van der Waals surface area contributed by atoms with E-state index in [1.54, 1.807) is 6.92 Å². The number of rotatable bonds is 5. The average molecular weight is 512 g/mol. The molecule has 4 aromatic rings. The van der Waals surface area contributed by atoms with Crippen LogP contribution in [0.5, 0.6) is 0 Å². The summed E-state index contributed by atoms with van der Waals surface area (Å²) in [6, 6.07) is 5.09. The van der Waals surface area contributed by atoms with Crippen molar-refractivity contribution in [2.75, 3.05) is 0 Å². The minimum atomic E-state index is -4.84. The first-order chi connectivity index (χ1) is 16.5. The van der Waals surface area contributed by atoms with Crippen LogP contribution in [0.1, 0.15) is 25.7 Å². The monoisotopic (exact) mass is 511 g/mol. The van der Waals surface area contributed by atoms with Gasteiger partial charge < -0.3 is 5.11 Å². The largest absolute Gasteiger partial charge is 0.408 e. The first kappa shape index (κ1) is 24.6. The molecule has 0 aliphatic carbocycles. The van der Waals surface area contributed by atoms with Gasteiger partial charge in [-0.1, -0.05) is 17.7 Å². The van der Waals surface area contributed by atoms with Crippen LogP contribution < -0.4 is 11.2 Å². The highest BCUT2D eigenvalue weighted by Crippen LogP contribution is 2.34. The maximum Gasteiger partial charge on any atom is 0.408 e. The number of alkyl halides is 3. The molecule has 2 heterocycles. The van der Waals surface area contributed by atoms with E-state index < -0.39 is 47.1 Å². The summed E-state index contributed by atoms with van der Waals surface area (Å²) in [6.45, 7) is 2.11. The lowest BCUT2D eigenvalue weighted by Gasteiger charge is -2.22. The molecule has 8 nitrogen and oxygen atoms in total. The van der Waals surface area contributed by atoms with E-state index in [0.29, 0.717) is 4.57 Å². The Labute approximate surface area is 199 Å². The van der Waals surface area contributed by atoms with E-state index in [1.807, 2.05) is 0 Å². The quantitative estimate of drug-likeness (QED) is 0.411. The van der Waals surface area contributed by atoms with Crippen molar-refractivity contribution in [3.8, 4) is 16.9 Å². The highest BCUT2D eigenvalue weighted by molar-refractivity contribution is 6.33. The van der Waals surface area contributed by atoms with Crippen LogP contribution in [0, 0.1) is 5.82 Å². The Kier molecular flexibility index (Phi) is 6.28. The Hall–Kier alpha value is -3.51. The van der Waals surface area contributed by atoms with Crippen molar-refractivity contribution in [2.45, 2.75) is 39.2 Å². The molecule has 0 spiro atoms. The second-order valence-corrected chi connectivity index (χ2v) is 8.04. The topological polar surface area (TPSA) is 94.9 Å². The lowest BCUT2D eigenvalue weighted by molar-refractivity contribution is -0.162. The van der Waals surface area contributed by atoms with Crippen LogP contribution in [0.25, 0.3) is 28.0 Å². The van der Waals surface area contributed by atoms with Gasteiger partial charge in [0.25, 0.3) is 5.56 Å². The molecule has 0 saturated heterocycles. The first-order valence-electron chi connectivity index (χ1n) is 10.4. The molecule has 4 rings (SSSR count). The summed E-state index contributed by atoms with van der Waals surface area (Å²) in [7, 11) is 0. The fraction of sp³-hybridized carbons (Fsp3) is 0.273. The summed E-state index contributed by atoms with van der Waals surface area (Å²) in [5, 5.41) is 13.3. The standard InChI is InChI=1S/C22H18ClF4N5O3/c1-3-30-17(10-33)29-32(21(30)35)12-7-8-15-16(9-12)31(11(2)22(25,26)27)20(34)19(28-15)18-13(23)5-4-6-14(18)24/h4-9,11,33H,3,10H2,1-2H3/t11-/m0/s1. The van der Waals surface area contributed by atoms with Gasteiger partial charge >= 0.3 is 11.9 Å². The van der Waals surface area contributed by atoms with E-state index in [-0.39, 0.29) is 34.1 Å². The van der Waals surface area contributed by atoms with Crippen LogP contribution >= 0.6 is 11.6 Å². The van der Waals surface area contributed by atoms with Crippen LogP contribution in [-0.4, -0.2) is 35.2 Å². The van der Waals surface area contributed by atoms with Gasteiger partial charge in [0.05, 0.1) is 27.3 Å². The Morgan fingerprint density at radius 2 is 1.89 bits per heavy atom. The Morgan fingerprint density at radius 1 is 1.17 bits per heavy atom. The maximum atomic E-state index is 14.6. The fourth-order valence-corrected chi connectivity index (χ4v) is 4.03. The summed E-state index contributed by atoms with van der Waals surface area (Å²) in [5.74, 6) is -0.862. The van der Waals surface area contributed by atoms with Crippen molar-refractivity contribution in [1.29, 1.82) is 0 Å². The molecule has 1 N–H and O–H groups in total. The van der Waals surface area contributed by atoms with Gasteiger partial charge in [-0.15, -0.1) is 5.10 Å². The molecule has 0 aliphatic rings. The number of nitrogens with zero attached hydrogens (tertiary/aromatic N) is 5. The van der Waals surface area contributed by atoms with E-state index in [0.717, 1.165) is 23.7 Å². The summed E-state index contributed by atoms with van der Waals surface area (Å²) in [4.78, 5) is 30.1. The average Bonchev–Trinajstić information content (AvgIpc) is 3.13. The van der Waals surface area contributed by atoms with Gasteiger partial charge in [0.1, 0.15) is 24.2 Å². The van der Waals surface area contributed by atoms with Crippen molar-refractivity contribution in [2.24, 2.45) is 0 Å². The molecular weight excluding hydrogens is 494 g/mol. The molecule has 0 unspecified atom stereocenters. The third kappa shape index (κ3) is 4.12. The van der Waals surface area contributed by atoms with Crippen molar-refractivity contribution < 1.29 is 22.7 Å². The highest BCUT2D eigenvalue weighted by atomic mass is 35.5. The van der Waals surface area contributed by atoms with Gasteiger partial charge in [-0.05, 0) is 44.2 Å². The number of halogens is 5. The van der Waals surface area contributed by atoms with Gasteiger partial charge in [-0.2, -0.15) is 17.9 Å². The number of aliphatic hydroxyl groups is 1.